The lowest BCUT2D eigenvalue weighted by Gasteiger charge is -2.34. The molecule has 3 aromatic rings. The summed E-state index contributed by atoms with van der Waals surface area (Å²) in [6.45, 7) is 3.35. The van der Waals surface area contributed by atoms with E-state index in [4.69, 9.17) is 28.2 Å². The van der Waals surface area contributed by atoms with Crippen molar-refractivity contribution in [3.05, 3.63) is 63.7 Å². The molecule has 1 saturated heterocycles. The molecular weight excluding hydrogens is 446 g/mol. The van der Waals surface area contributed by atoms with Crippen molar-refractivity contribution in [3.63, 3.8) is 0 Å². The summed E-state index contributed by atoms with van der Waals surface area (Å²) in [5.74, 6) is -0.382. The molecule has 0 saturated carbocycles. The van der Waals surface area contributed by atoms with Gasteiger partial charge in [0.2, 0.25) is 5.91 Å². The van der Waals surface area contributed by atoms with Crippen LogP contribution < -0.4 is 10.2 Å². The number of aromatic nitrogens is 1. The van der Waals surface area contributed by atoms with Crippen molar-refractivity contribution < 1.29 is 9.18 Å². The molecule has 1 aliphatic heterocycles. The van der Waals surface area contributed by atoms with Crippen LogP contribution in [0.1, 0.15) is 0 Å². The summed E-state index contributed by atoms with van der Waals surface area (Å²) in [6.07, 6.45) is 0. The fourth-order valence-electron chi connectivity index (χ4n) is 3.25. The molecule has 156 valence electrons. The number of carbonyl (C=O) groups is 1. The summed E-state index contributed by atoms with van der Waals surface area (Å²) < 4.78 is 13.1. The van der Waals surface area contributed by atoms with Crippen LogP contribution in [0.15, 0.2) is 47.8 Å². The molecule has 2 aromatic carbocycles. The molecule has 0 aliphatic carbocycles. The SMILES string of the molecule is O=C(CN1CCN(c2nc(-c3ccc(F)cc3)cs2)CC1)Nc1cc(Cl)ccc1Cl. The van der Waals surface area contributed by atoms with Crippen LogP contribution in [0.3, 0.4) is 0 Å². The molecule has 0 bridgehead atoms. The highest BCUT2D eigenvalue weighted by atomic mass is 35.5. The zero-order valence-corrected chi connectivity index (χ0v) is 18.3. The molecule has 0 unspecified atom stereocenters. The third kappa shape index (κ3) is 5.10. The zero-order chi connectivity index (χ0) is 21.1. The number of rotatable bonds is 5. The lowest BCUT2D eigenvalue weighted by atomic mass is 10.2. The van der Waals surface area contributed by atoms with E-state index >= 15 is 0 Å². The smallest absolute Gasteiger partial charge is 0.238 e. The average molecular weight is 465 g/mol. The van der Waals surface area contributed by atoms with E-state index in [2.05, 4.69) is 15.1 Å². The molecule has 2 heterocycles. The highest BCUT2D eigenvalue weighted by Crippen LogP contribution is 2.28. The van der Waals surface area contributed by atoms with Crippen LogP contribution in [0.25, 0.3) is 11.3 Å². The number of nitrogens with one attached hydrogen (secondary N) is 1. The number of anilines is 2. The molecule has 0 atom stereocenters. The number of halogens is 3. The Balaban J connectivity index is 1.30. The number of carbonyl (C=O) groups excluding carboxylic acids is 1. The Hall–Kier alpha value is -2.19. The Morgan fingerprint density at radius 3 is 2.57 bits per heavy atom. The number of thiazole rings is 1. The average Bonchev–Trinajstić information content (AvgIpc) is 3.22. The second-order valence-corrected chi connectivity index (χ2v) is 8.64. The van der Waals surface area contributed by atoms with Crippen LogP contribution in [-0.4, -0.2) is 48.5 Å². The molecule has 5 nitrogen and oxygen atoms in total. The normalized spacial score (nSPS) is 14.7. The Kier molecular flexibility index (Phi) is 6.53. The van der Waals surface area contributed by atoms with Gasteiger partial charge >= 0.3 is 0 Å². The van der Waals surface area contributed by atoms with Crippen molar-refractivity contribution in [1.82, 2.24) is 9.88 Å². The molecule has 1 aromatic heterocycles. The predicted molar refractivity (Wildman–Crippen MR) is 121 cm³/mol. The van der Waals surface area contributed by atoms with Crippen LogP contribution in [0.4, 0.5) is 15.2 Å². The van der Waals surface area contributed by atoms with Gasteiger partial charge in [0.25, 0.3) is 0 Å². The van der Waals surface area contributed by atoms with Crippen molar-refractivity contribution in [1.29, 1.82) is 0 Å². The Morgan fingerprint density at radius 2 is 1.83 bits per heavy atom. The first-order valence-corrected chi connectivity index (χ1v) is 11.1. The third-order valence-corrected chi connectivity index (χ3v) is 6.31. The van der Waals surface area contributed by atoms with E-state index in [1.54, 1.807) is 41.7 Å². The molecule has 1 aliphatic rings. The van der Waals surface area contributed by atoms with Crippen molar-refractivity contribution in [2.24, 2.45) is 0 Å². The largest absolute Gasteiger partial charge is 0.346 e. The van der Waals surface area contributed by atoms with Crippen LogP contribution in [0, 0.1) is 5.82 Å². The maximum Gasteiger partial charge on any atom is 0.238 e. The van der Waals surface area contributed by atoms with Gasteiger partial charge in [-0.3, -0.25) is 9.69 Å². The van der Waals surface area contributed by atoms with Gasteiger partial charge in [-0.2, -0.15) is 0 Å². The van der Waals surface area contributed by atoms with Gasteiger partial charge < -0.3 is 10.2 Å². The van der Waals surface area contributed by atoms with Crippen LogP contribution in [0.5, 0.6) is 0 Å². The first kappa shape index (κ1) is 21.1. The van der Waals surface area contributed by atoms with Gasteiger partial charge in [0.05, 0.1) is 22.9 Å². The minimum atomic E-state index is -0.257. The minimum Gasteiger partial charge on any atom is -0.346 e. The van der Waals surface area contributed by atoms with E-state index in [1.165, 1.54) is 12.1 Å². The van der Waals surface area contributed by atoms with Crippen LogP contribution >= 0.6 is 34.5 Å². The molecule has 1 fully saturated rings. The molecule has 0 spiro atoms. The van der Waals surface area contributed by atoms with E-state index in [1.807, 2.05) is 5.38 Å². The number of hydrogen-bond acceptors (Lipinski definition) is 5. The van der Waals surface area contributed by atoms with E-state index < -0.39 is 0 Å². The zero-order valence-electron chi connectivity index (χ0n) is 15.9. The highest BCUT2D eigenvalue weighted by molar-refractivity contribution is 7.14. The van der Waals surface area contributed by atoms with Crippen LogP contribution in [-0.2, 0) is 4.79 Å². The van der Waals surface area contributed by atoms with Gasteiger partial charge in [0.15, 0.2) is 5.13 Å². The molecule has 30 heavy (non-hydrogen) atoms. The Morgan fingerprint density at radius 1 is 1.10 bits per heavy atom. The molecule has 9 heteroatoms. The van der Waals surface area contributed by atoms with Gasteiger partial charge in [0.1, 0.15) is 5.82 Å². The predicted octanol–water partition coefficient (Wildman–Crippen LogP) is 5.02. The fourth-order valence-corrected chi connectivity index (χ4v) is 4.47. The maximum atomic E-state index is 13.1. The number of nitrogens with zero attached hydrogens (tertiary/aromatic N) is 3. The van der Waals surface area contributed by atoms with E-state index in [-0.39, 0.29) is 18.3 Å². The Bertz CT molecular complexity index is 1040. The quantitative estimate of drug-likeness (QED) is 0.575. The van der Waals surface area contributed by atoms with Gasteiger partial charge in [0, 0.05) is 42.1 Å². The molecule has 0 radical (unpaired) electrons. The van der Waals surface area contributed by atoms with Gasteiger partial charge in [-0.15, -0.1) is 11.3 Å². The summed E-state index contributed by atoms with van der Waals surface area (Å²) in [7, 11) is 0. The van der Waals surface area contributed by atoms with Crippen molar-refractivity contribution in [2.75, 3.05) is 42.9 Å². The molecule has 1 N–H and O–H groups in total. The first-order valence-electron chi connectivity index (χ1n) is 9.41. The highest BCUT2D eigenvalue weighted by Gasteiger charge is 2.21. The standard InChI is InChI=1S/C21H19Cl2FN4OS/c22-15-3-6-17(23)18(11-15)25-20(29)12-27-7-9-28(10-8-27)21-26-19(13-30-21)14-1-4-16(24)5-2-14/h1-6,11,13H,7-10,12H2,(H,25,29). The number of amides is 1. The third-order valence-electron chi connectivity index (χ3n) is 4.84. The summed E-state index contributed by atoms with van der Waals surface area (Å²) >= 11 is 13.6. The summed E-state index contributed by atoms with van der Waals surface area (Å²) in [6, 6.07) is 11.3. The summed E-state index contributed by atoms with van der Waals surface area (Å²) in [4.78, 5) is 21.4. The monoisotopic (exact) mass is 464 g/mol. The molecule has 4 rings (SSSR count). The second-order valence-electron chi connectivity index (χ2n) is 6.96. The Labute approximate surface area is 188 Å². The number of piperazine rings is 1. The molecule has 1 amide bonds. The van der Waals surface area contributed by atoms with Gasteiger partial charge in [-0.1, -0.05) is 23.2 Å². The fraction of sp³-hybridized carbons (Fsp3) is 0.238. The summed E-state index contributed by atoms with van der Waals surface area (Å²) in [5, 5.41) is 6.71. The topological polar surface area (TPSA) is 48.5 Å². The van der Waals surface area contributed by atoms with Crippen molar-refractivity contribution in [2.45, 2.75) is 0 Å². The van der Waals surface area contributed by atoms with E-state index in [0.717, 1.165) is 42.6 Å². The van der Waals surface area contributed by atoms with Crippen molar-refractivity contribution >= 4 is 51.3 Å². The van der Waals surface area contributed by atoms with Crippen LogP contribution in [0.2, 0.25) is 10.0 Å². The van der Waals surface area contributed by atoms with E-state index in [9.17, 15) is 9.18 Å². The van der Waals surface area contributed by atoms with Crippen molar-refractivity contribution in [3.8, 4) is 11.3 Å². The number of benzene rings is 2. The molecular formula is C21H19Cl2FN4OS. The summed E-state index contributed by atoms with van der Waals surface area (Å²) in [5.41, 5.74) is 2.26. The lowest BCUT2D eigenvalue weighted by Crippen LogP contribution is -2.48. The first-order chi connectivity index (χ1) is 14.5. The number of hydrogen-bond donors (Lipinski definition) is 1. The maximum absolute atomic E-state index is 13.1. The second kappa shape index (κ2) is 9.31. The van der Waals surface area contributed by atoms with Gasteiger partial charge in [-0.05, 0) is 42.5 Å². The lowest BCUT2D eigenvalue weighted by molar-refractivity contribution is -0.117. The van der Waals surface area contributed by atoms with E-state index in [0.29, 0.717) is 15.7 Å². The minimum absolute atomic E-state index is 0.125. The van der Waals surface area contributed by atoms with Gasteiger partial charge in [-0.25, -0.2) is 9.37 Å².